The van der Waals surface area contributed by atoms with Crippen molar-refractivity contribution >= 4 is 23.4 Å². The van der Waals surface area contributed by atoms with E-state index >= 15 is 0 Å². The monoisotopic (exact) mass is 309 g/mol. The summed E-state index contributed by atoms with van der Waals surface area (Å²) in [6.07, 6.45) is 1.42. The van der Waals surface area contributed by atoms with Gasteiger partial charge in [0.25, 0.3) is 5.91 Å². The van der Waals surface area contributed by atoms with Crippen molar-refractivity contribution in [3.63, 3.8) is 0 Å². The highest BCUT2D eigenvalue weighted by atomic mass is 32.2. The lowest BCUT2D eigenvalue weighted by Gasteiger charge is -2.10. The van der Waals surface area contributed by atoms with E-state index in [2.05, 4.69) is 4.98 Å². The van der Waals surface area contributed by atoms with Crippen molar-refractivity contribution in [1.29, 1.82) is 0 Å². The van der Waals surface area contributed by atoms with Gasteiger partial charge in [0.1, 0.15) is 17.3 Å². The second-order valence-corrected chi connectivity index (χ2v) is 5.58. The van der Waals surface area contributed by atoms with E-state index < -0.39 is 11.6 Å². The number of hydrogen-bond acceptors (Lipinski definition) is 4. The van der Waals surface area contributed by atoms with Gasteiger partial charge < -0.3 is 10.6 Å². The molecule has 2 rings (SSSR count). The summed E-state index contributed by atoms with van der Waals surface area (Å²) in [6, 6.07) is 5.17. The average Bonchev–Trinajstić information content (AvgIpc) is 2.42. The number of nitrogen functional groups attached to an aromatic ring is 1. The van der Waals surface area contributed by atoms with Gasteiger partial charge in [-0.2, -0.15) is 0 Å². The largest absolute Gasteiger partial charge is 0.399 e. The standard InChI is InChI=1S/C14H13F2N3OS/c1-19(2)14(20)12-7-9(3-4-18-12)21-13-10(15)5-8(17)6-11(13)16/h3-7H,17H2,1-2H3. The molecule has 0 saturated heterocycles. The van der Waals surface area contributed by atoms with E-state index in [0.29, 0.717) is 4.90 Å². The molecule has 1 aromatic heterocycles. The molecule has 0 atom stereocenters. The zero-order chi connectivity index (χ0) is 15.6. The van der Waals surface area contributed by atoms with Gasteiger partial charge in [0, 0.05) is 30.9 Å². The zero-order valence-electron chi connectivity index (χ0n) is 11.4. The molecule has 7 heteroatoms. The summed E-state index contributed by atoms with van der Waals surface area (Å²) < 4.78 is 27.5. The van der Waals surface area contributed by atoms with E-state index in [9.17, 15) is 13.6 Å². The molecule has 21 heavy (non-hydrogen) atoms. The highest BCUT2D eigenvalue weighted by molar-refractivity contribution is 7.99. The first-order valence-corrected chi connectivity index (χ1v) is 6.80. The van der Waals surface area contributed by atoms with Crippen LogP contribution < -0.4 is 5.73 Å². The van der Waals surface area contributed by atoms with E-state index in [0.717, 1.165) is 23.9 Å². The highest BCUT2D eigenvalue weighted by Gasteiger charge is 2.14. The maximum Gasteiger partial charge on any atom is 0.271 e. The highest BCUT2D eigenvalue weighted by Crippen LogP contribution is 2.33. The van der Waals surface area contributed by atoms with Crippen LogP contribution in [0.5, 0.6) is 0 Å². The number of amides is 1. The lowest BCUT2D eigenvalue weighted by atomic mass is 10.3. The molecule has 1 aromatic carbocycles. The first-order chi connectivity index (χ1) is 9.88. The SMILES string of the molecule is CN(C)C(=O)c1cc(Sc2c(F)cc(N)cc2F)ccn1. The molecule has 1 amide bonds. The third kappa shape index (κ3) is 3.49. The molecule has 0 aliphatic heterocycles. The van der Waals surface area contributed by atoms with Crippen LogP contribution in [0.1, 0.15) is 10.5 Å². The van der Waals surface area contributed by atoms with Gasteiger partial charge in [-0.1, -0.05) is 11.8 Å². The molecule has 0 aliphatic rings. The molecule has 0 radical (unpaired) electrons. The zero-order valence-corrected chi connectivity index (χ0v) is 12.2. The second-order valence-electron chi connectivity index (χ2n) is 4.49. The van der Waals surface area contributed by atoms with E-state index in [1.165, 1.54) is 17.2 Å². The van der Waals surface area contributed by atoms with Gasteiger partial charge in [-0.3, -0.25) is 9.78 Å². The minimum Gasteiger partial charge on any atom is -0.399 e. The molecule has 2 aromatic rings. The molecule has 0 bridgehead atoms. The Labute approximate surface area is 125 Å². The summed E-state index contributed by atoms with van der Waals surface area (Å²) in [5, 5.41) is 0. The van der Waals surface area contributed by atoms with Crippen molar-refractivity contribution in [2.45, 2.75) is 9.79 Å². The van der Waals surface area contributed by atoms with E-state index in [1.807, 2.05) is 0 Å². The minimum absolute atomic E-state index is 0.0209. The Morgan fingerprint density at radius 1 is 1.24 bits per heavy atom. The normalized spacial score (nSPS) is 10.5. The summed E-state index contributed by atoms with van der Waals surface area (Å²) in [5.74, 6) is -1.76. The number of halogens is 2. The van der Waals surface area contributed by atoms with Gasteiger partial charge in [-0.05, 0) is 24.3 Å². The molecular formula is C14H13F2N3OS. The van der Waals surface area contributed by atoms with Gasteiger partial charge >= 0.3 is 0 Å². The molecule has 0 aliphatic carbocycles. The van der Waals surface area contributed by atoms with Crippen LogP contribution in [0.25, 0.3) is 0 Å². The Bertz CT molecular complexity index is 669. The van der Waals surface area contributed by atoms with Gasteiger partial charge in [-0.15, -0.1) is 0 Å². The molecule has 110 valence electrons. The van der Waals surface area contributed by atoms with Crippen molar-refractivity contribution in [3.05, 3.63) is 47.8 Å². The smallest absolute Gasteiger partial charge is 0.271 e. The topological polar surface area (TPSA) is 59.2 Å². The molecule has 0 saturated carbocycles. The van der Waals surface area contributed by atoms with Crippen LogP contribution in [0.2, 0.25) is 0 Å². The fourth-order valence-electron chi connectivity index (χ4n) is 1.62. The van der Waals surface area contributed by atoms with E-state index in [1.54, 1.807) is 20.2 Å². The van der Waals surface area contributed by atoms with Crippen molar-refractivity contribution < 1.29 is 13.6 Å². The van der Waals surface area contributed by atoms with Crippen LogP contribution in [0.15, 0.2) is 40.3 Å². The lowest BCUT2D eigenvalue weighted by Crippen LogP contribution is -2.22. The fraction of sp³-hybridized carbons (Fsp3) is 0.143. The van der Waals surface area contributed by atoms with Crippen LogP contribution in [0, 0.1) is 11.6 Å². The Morgan fingerprint density at radius 3 is 2.43 bits per heavy atom. The third-order valence-electron chi connectivity index (χ3n) is 2.60. The molecule has 0 fully saturated rings. The second kappa shape index (κ2) is 6.09. The summed E-state index contributed by atoms with van der Waals surface area (Å²) in [5.41, 5.74) is 5.60. The fourth-order valence-corrected chi connectivity index (χ4v) is 2.46. The number of pyridine rings is 1. The first-order valence-electron chi connectivity index (χ1n) is 5.98. The predicted octanol–water partition coefficient (Wildman–Crippen LogP) is 2.79. The number of nitrogens with two attached hydrogens (primary N) is 1. The first kappa shape index (κ1) is 15.2. The summed E-state index contributed by atoms with van der Waals surface area (Å²) in [7, 11) is 3.20. The Kier molecular flexibility index (Phi) is 4.42. The molecule has 0 unspecified atom stereocenters. The van der Waals surface area contributed by atoms with Gasteiger partial charge in [-0.25, -0.2) is 8.78 Å². The van der Waals surface area contributed by atoms with Crippen LogP contribution in [-0.2, 0) is 0 Å². The number of benzene rings is 1. The van der Waals surface area contributed by atoms with E-state index in [-0.39, 0.29) is 22.2 Å². The van der Waals surface area contributed by atoms with Crippen molar-refractivity contribution in [2.24, 2.45) is 0 Å². The lowest BCUT2D eigenvalue weighted by molar-refractivity contribution is 0.0821. The number of aromatic nitrogens is 1. The van der Waals surface area contributed by atoms with Crippen LogP contribution in [0.3, 0.4) is 0 Å². The predicted molar refractivity (Wildman–Crippen MR) is 77.1 cm³/mol. The molecule has 0 spiro atoms. The van der Waals surface area contributed by atoms with Crippen LogP contribution in [0.4, 0.5) is 14.5 Å². The number of nitrogens with zero attached hydrogens (tertiary/aromatic N) is 2. The quantitative estimate of drug-likeness (QED) is 0.886. The maximum absolute atomic E-state index is 13.8. The van der Waals surface area contributed by atoms with Crippen molar-refractivity contribution in [3.8, 4) is 0 Å². The van der Waals surface area contributed by atoms with Gasteiger partial charge in [0.05, 0.1) is 4.90 Å². The van der Waals surface area contributed by atoms with Crippen molar-refractivity contribution in [1.82, 2.24) is 9.88 Å². The number of carbonyl (C=O) groups is 1. The average molecular weight is 309 g/mol. The molecule has 1 heterocycles. The Balaban J connectivity index is 2.33. The number of carbonyl (C=O) groups excluding carboxylic acids is 1. The Morgan fingerprint density at radius 2 is 1.86 bits per heavy atom. The minimum atomic E-state index is -0.741. The number of hydrogen-bond donors (Lipinski definition) is 1. The van der Waals surface area contributed by atoms with Crippen LogP contribution >= 0.6 is 11.8 Å². The number of anilines is 1. The molecule has 2 N–H and O–H groups in total. The van der Waals surface area contributed by atoms with Gasteiger partial charge in [0.2, 0.25) is 0 Å². The van der Waals surface area contributed by atoms with E-state index in [4.69, 9.17) is 5.73 Å². The molecular weight excluding hydrogens is 296 g/mol. The third-order valence-corrected chi connectivity index (χ3v) is 3.68. The van der Waals surface area contributed by atoms with Crippen LogP contribution in [-0.4, -0.2) is 29.9 Å². The van der Waals surface area contributed by atoms with Crippen molar-refractivity contribution in [2.75, 3.05) is 19.8 Å². The van der Waals surface area contributed by atoms with Gasteiger partial charge in [0.15, 0.2) is 0 Å². The maximum atomic E-state index is 13.8. The Hall–Kier alpha value is -2.15. The molecule has 4 nitrogen and oxygen atoms in total. The number of rotatable bonds is 3. The summed E-state index contributed by atoms with van der Waals surface area (Å²) >= 11 is 0.877. The summed E-state index contributed by atoms with van der Waals surface area (Å²) in [6.45, 7) is 0. The summed E-state index contributed by atoms with van der Waals surface area (Å²) in [4.78, 5) is 17.5.